The number of unbranched alkanes of at least 4 members (excludes halogenated alkanes) is 1. The Hall–Kier alpha value is -3.26. The number of hydrogen-bond acceptors (Lipinski definition) is 6. The number of carbonyl (C=O) groups is 4. The molecular weight excluding hydrogens is 428 g/mol. The topological polar surface area (TPSA) is 107 Å². The van der Waals surface area contributed by atoms with Crippen LogP contribution in [0.3, 0.4) is 0 Å². The molecule has 0 saturated carbocycles. The first-order valence-electron chi connectivity index (χ1n) is 10.5. The van der Waals surface area contributed by atoms with Gasteiger partial charge in [-0.3, -0.25) is 19.2 Å². The van der Waals surface area contributed by atoms with Crippen molar-refractivity contribution in [2.75, 3.05) is 6.61 Å². The molecule has 1 aromatic heterocycles. The molecular formula is C24H26N2O5S. The number of esters is 1. The quantitative estimate of drug-likeness (QED) is 0.317. The highest BCUT2D eigenvalue weighted by atomic mass is 32.1. The molecule has 2 aromatic rings. The van der Waals surface area contributed by atoms with E-state index >= 15 is 0 Å². The Morgan fingerprint density at radius 2 is 1.94 bits per heavy atom. The number of thiophene rings is 1. The highest BCUT2D eigenvalue weighted by Crippen LogP contribution is 2.34. The molecule has 1 aromatic carbocycles. The van der Waals surface area contributed by atoms with Crippen molar-refractivity contribution in [3.8, 4) is 0 Å². The Morgan fingerprint density at radius 1 is 1.22 bits per heavy atom. The summed E-state index contributed by atoms with van der Waals surface area (Å²) in [5.41, 5.74) is 8.83. The van der Waals surface area contributed by atoms with Crippen LogP contribution in [-0.2, 0) is 20.9 Å². The molecule has 0 bridgehead atoms. The molecule has 3 rings (SSSR count). The van der Waals surface area contributed by atoms with Crippen LogP contribution in [0.25, 0.3) is 12.2 Å². The second-order valence-corrected chi connectivity index (χ2v) is 8.46. The monoisotopic (exact) mass is 454 g/mol. The van der Waals surface area contributed by atoms with Crippen molar-refractivity contribution in [2.45, 2.75) is 45.2 Å². The van der Waals surface area contributed by atoms with E-state index in [2.05, 4.69) is 0 Å². The minimum absolute atomic E-state index is 0.0261. The van der Waals surface area contributed by atoms with Gasteiger partial charge in [-0.25, -0.2) is 0 Å². The molecule has 168 valence electrons. The number of primary amides is 1. The zero-order valence-electron chi connectivity index (χ0n) is 17.9. The van der Waals surface area contributed by atoms with Crippen molar-refractivity contribution in [1.82, 2.24) is 4.90 Å². The summed E-state index contributed by atoms with van der Waals surface area (Å²) in [7, 11) is 0. The van der Waals surface area contributed by atoms with Crippen LogP contribution < -0.4 is 5.73 Å². The molecule has 0 spiro atoms. The van der Waals surface area contributed by atoms with E-state index in [1.807, 2.05) is 36.6 Å². The summed E-state index contributed by atoms with van der Waals surface area (Å²) >= 11 is 1.33. The molecule has 1 aliphatic rings. The molecule has 0 aliphatic carbocycles. The van der Waals surface area contributed by atoms with Crippen LogP contribution in [0, 0.1) is 0 Å². The van der Waals surface area contributed by atoms with Gasteiger partial charge in [0, 0.05) is 24.1 Å². The Morgan fingerprint density at radius 3 is 2.59 bits per heavy atom. The number of ether oxygens (including phenoxy) is 1. The Bertz CT molecular complexity index is 1030. The van der Waals surface area contributed by atoms with E-state index in [4.69, 9.17) is 10.5 Å². The zero-order valence-corrected chi connectivity index (χ0v) is 18.7. The molecule has 1 atom stereocenters. The lowest BCUT2D eigenvalue weighted by atomic mass is 10.1. The summed E-state index contributed by atoms with van der Waals surface area (Å²) in [6.45, 7) is 2.62. The Balaban J connectivity index is 1.68. The SMILES string of the molecule is CCCCOC(=O)CCC(C(N)=O)N1Cc2c(/C=C/c3ccc(C=O)cc3)csc2C1=O. The third-order valence-electron chi connectivity index (χ3n) is 5.33. The number of aldehydes is 1. The Labute approximate surface area is 190 Å². The predicted octanol–water partition coefficient (Wildman–Crippen LogP) is 3.66. The van der Waals surface area contributed by atoms with Gasteiger partial charge >= 0.3 is 5.97 Å². The van der Waals surface area contributed by atoms with Crippen molar-refractivity contribution in [2.24, 2.45) is 5.73 Å². The number of carbonyl (C=O) groups excluding carboxylic acids is 4. The average molecular weight is 455 g/mol. The zero-order chi connectivity index (χ0) is 23.1. The summed E-state index contributed by atoms with van der Waals surface area (Å²) in [5, 5.41) is 1.90. The van der Waals surface area contributed by atoms with Crippen molar-refractivity contribution in [3.05, 3.63) is 56.8 Å². The van der Waals surface area contributed by atoms with Gasteiger partial charge < -0.3 is 15.4 Å². The number of fused-ring (bicyclic) bond motifs is 1. The fraction of sp³-hybridized carbons (Fsp3) is 0.333. The van der Waals surface area contributed by atoms with Crippen LogP contribution in [0.2, 0.25) is 0 Å². The number of nitrogens with zero attached hydrogens (tertiary/aromatic N) is 1. The van der Waals surface area contributed by atoms with Crippen LogP contribution in [0.5, 0.6) is 0 Å². The maximum Gasteiger partial charge on any atom is 0.305 e. The van der Waals surface area contributed by atoms with Gasteiger partial charge in [-0.1, -0.05) is 49.8 Å². The van der Waals surface area contributed by atoms with E-state index in [0.717, 1.165) is 35.8 Å². The predicted molar refractivity (Wildman–Crippen MR) is 123 cm³/mol. The van der Waals surface area contributed by atoms with E-state index in [0.29, 0.717) is 17.0 Å². The molecule has 2 amide bonds. The van der Waals surface area contributed by atoms with Crippen molar-refractivity contribution in [3.63, 3.8) is 0 Å². The molecule has 0 fully saturated rings. The summed E-state index contributed by atoms with van der Waals surface area (Å²) in [4.78, 5) is 49.7. The highest BCUT2D eigenvalue weighted by Gasteiger charge is 2.37. The van der Waals surface area contributed by atoms with Gasteiger partial charge in [-0.15, -0.1) is 11.3 Å². The lowest BCUT2D eigenvalue weighted by Gasteiger charge is -2.25. The minimum atomic E-state index is -0.867. The molecule has 8 heteroatoms. The number of hydrogen-bond donors (Lipinski definition) is 1. The number of nitrogens with two attached hydrogens (primary N) is 1. The summed E-state index contributed by atoms with van der Waals surface area (Å²) in [6.07, 6.45) is 6.47. The number of benzene rings is 1. The largest absolute Gasteiger partial charge is 0.466 e. The van der Waals surface area contributed by atoms with Crippen molar-refractivity contribution >= 4 is 47.6 Å². The fourth-order valence-corrected chi connectivity index (χ4v) is 4.49. The lowest BCUT2D eigenvalue weighted by molar-refractivity contribution is -0.144. The van der Waals surface area contributed by atoms with Gasteiger partial charge in [0.25, 0.3) is 5.91 Å². The fourth-order valence-electron chi connectivity index (χ4n) is 3.48. The highest BCUT2D eigenvalue weighted by molar-refractivity contribution is 7.12. The molecule has 0 saturated heterocycles. The average Bonchev–Trinajstić information content (AvgIpc) is 3.33. The van der Waals surface area contributed by atoms with Gasteiger partial charge in [0.15, 0.2) is 0 Å². The molecule has 2 N–H and O–H groups in total. The summed E-state index contributed by atoms with van der Waals surface area (Å²) in [5.74, 6) is -1.28. The van der Waals surface area contributed by atoms with E-state index in [-0.39, 0.29) is 25.3 Å². The van der Waals surface area contributed by atoms with Gasteiger partial charge in [-0.2, -0.15) is 0 Å². The number of amides is 2. The van der Waals surface area contributed by atoms with Crippen LogP contribution in [0.4, 0.5) is 0 Å². The summed E-state index contributed by atoms with van der Waals surface area (Å²) in [6, 6.07) is 6.29. The maximum atomic E-state index is 12.9. The first-order valence-corrected chi connectivity index (χ1v) is 11.4. The summed E-state index contributed by atoms with van der Waals surface area (Å²) < 4.78 is 5.14. The van der Waals surface area contributed by atoms with Crippen molar-refractivity contribution in [1.29, 1.82) is 0 Å². The number of rotatable bonds is 11. The van der Waals surface area contributed by atoms with E-state index in [9.17, 15) is 19.2 Å². The molecule has 0 radical (unpaired) electrons. The second-order valence-electron chi connectivity index (χ2n) is 7.58. The molecule has 1 unspecified atom stereocenters. The van der Waals surface area contributed by atoms with Gasteiger partial charge in [0.1, 0.15) is 12.3 Å². The normalized spacial score (nSPS) is 13.9. The molecule has 1 aliphatic heterocycles. The minimum Gasteiger partial charge on any atom is -0.466 e. The van der Waals surface area contributed by atoms with Crippen LogP contribution >= 0.6 is 11.3 Å². The van der Waals surface area contributed by atoms with Crippen molar-refractivity contribution < 1.29 is 23.9 Å². The second kappa shape index (κ2) is 10.9. The van der Waals surface area contributed by atoms with Gasteiger partial charge in [0.2, 0.25) is 5.91 Å². The van der Waals surface area contributed by atoms with E-state index < -0.39 is 17.9 Å². The van der Waals surface area contributed by atoms with E-state index in [1.165, 1.54) is 16.2 Å². The van der Waals surface area contributed by atoms with Crippen LogP contribution in [0.1, 0.15) is 69.3 Å². The smallest absolute Gasteiger partial charge is 0.305 e. The third kappa shape index (κ3) is 5.50. The van der Waals surface area contributed by atoms with Crippen LogP contribution in [0.15, 0.2) is 29.6 Å². The Kier molecular flexibility index (Phi) is 7.94. The van der Waals surface area contributed by atoms with Gasteiger partial charge in [-0.05, 0) is 29.3 Å². The standard InChI is InChI=1S/C24H26N2O5S/c1-2-3-12-31-21(28)11-10-20(23(25)29)26-13-19-18(15-32-22(19)24(26)30)9-8-16-4-6-17(14-27)7-5-16/h4-9,14-15,20H,2-3,10-13H2,1H3,(H2,25,29)/b9-8+. The van der Waals surface area contributed by atoms with Crippen LogP contribution in [-0.4, -0.2) is 41.6 Å². The third-order valence-corrected chi connectivity index (χ3v) is 6.35. The molecule has 7 nitrogen and oxygen atoms in total. The first-order chi connectivity index (χ1) is 15.4. The lowest BCUT2D eigenvalue weighted by Crippen LogP contribution is -2.45. The first kappa shape index (κ1) is 23.4. The molecule has 32 heavy (non-hydrogen) atoms. The molecule has 2 heterocycles. The van der Waals surface area contributed by atoms with Gasteiger partial charge in [0.05, 0.1) is 11.5 Å². The van der Waals surface area contributed by atoms with E-state index in [1.54, 1.807) is 12.1 Å². The maximum absolute atomic E-state index is 12.9.